The van der Waals surface area contributed by atoms with Gasteiger partial charge < -0.3 is 9.47 Å². The standard InChI is InChI=1S/C17H23N3O2S3/c1-4-7-24-16-18-20(17(23)25-16)11-19-6-5-12-8-14(21-2)15(22-3)9-13(12)10-19/h8-9H,4-7,10-11H2,1-3H3. The number of nitrogens with zero attached hydrogens (tertiary/aromatic N) is 3. The molecule has 0 N–H and O–H groups in total. The maximum absolute atomic E-state index is 5.48. The lowest BCUT2D eigenvalue weighted by atomic mass is 9.99. The summed E-state index contributed by atoms with van der Waals surface area (Å²) < 4.78 is 14.7. The van der Waals surface area contributed by atoms with Crippen LogP contribution in [0.1, 0.15) is 24.5 Å². The molecule has 1 aromatic heterocycles. The molecule has 2 heterocycles. The summed E-state index contributed by atoms with van der Waals surface area (Å²) in [7, 11) is 3.35. The minimum absolute atomic E-state index is 0.732. The number of methoxy groups -OCH3 is 2. The lowest BCUT2D eigenvalue weighted by molar-refractivity contribution is 0.187. The quantitative estimate of drug-likeness (QED) is 0.515. The predicted molar refractivity (Wildman–Crippen MR) is 106 cm³/mol. The Kier molecular flexibility index (Phi) is 6.38. The first kappa shape index (κ1) is 18.7. The van der Waals surface area contributed by atoms with Gasteiger partial charge in [0.25, 0.3) is 0 Å². The van der Waals surface area contributed by atoms with Crippen LogP contribution in [0.2, 0.25) is 0 Å². The summed E-state index contributed by atoms with van der Waals surface area (Å²) in [6, 6.07) is 4.18. The molecular weight excluding hydrogens is 374 g/mol. The lowest BCUT2D eigenvalue weighted by Crippen LogP contribution is -2.32. The maximum Gasteiger partial charge on any atom is 0.181 e. The summed E-state index contributed by atoms with van der Waals surface area (Å²) >= 11 is 8.88. The Morgan fingerprint density at radius 1 is 1.24 bits per heavy atom. The van der Waals surface area contributed by atoms with E-state index < -0.39 is 0 Å². The molecule has 2 aromatic rings. The van der Waals surface area contributed by atoms with Gasteiger partial charge in [-0.1, -0.05) is 30.0 Å². The highest BCUT2D eigenvalue weighted by atomic mass is 32.2. The average Bonchev–Trinajstić information content (AvgIpc) is 2.98. The van der Waals surface area contributed by atoms with E-state index in [9.17, 15) is 0 Å². The number of thioether (sulfide) groups is 1. The molecule has 3 rings (SSSR count). The summed E-state index contributed by atoms with van der Waals surface area (Å²) in [5, 5.41) is 4.67. The van der Waals surface area contributed by atoms with Gasteiger partial charge in [-0.05, 0) is 48.3 Å². The highest BCUT2D eigenvalue weighted by Crippen LogP contribution is 2.33. The van der Waals surface area contributed by atoms with Crippen LogP contribution in [0, 0.1) is 3.95 Å². The highest BCUT2D eigenvalue weighted by Gasteiger charge is 2.20. The SMILES string of the molecule is CCCSc1nn(CN2CCc3cc(OC)c(OC)cc3C2)c(=S)s1. The van der Waals surface area contributed by atoms with Gasteiger partial charge in [0, 0.05) is 18.8 Å². The molecule has 1 aromatic carbocycles. The van der Waals surface area contributed by atoms with Crippen LogP contribution in [0.25, 0.3) is 0 Å². The summed E-state index contributed by atoms with van der Waals surface area (Å²) in [5.74, 6) is 2.67. The molecule has 25 heavy (non-hydrogen) atoms. The lowest BCUT2D eigenvalue weighted by Gasteiger charge is -2.29. The van der Waals surface area contributed by atoms with Gasteiger partial charge in [-0.2, -0.15) is 5.10 Å². The van der Waals surface area contributed by atoms with Crippen LogP contribution in [-0.4, -0.2) is 41.2 Å². The molecule has 136 valence electrons. The van der Waals surface area contributed by atoms with Crippen molar-refractivity contribution in [3.8, 4) is 11.5 Å². The van der Waals surface area contributed by atoms with Gasteiger partial charge in [-0.3, -0.25) is 4.90 Å². The number of benzene rings is 1. The summed E-state index contributed by atoms with van der Waals surface area (Å²) in [6.45, 7) is 4.76. The topological polar surface area (TPSA) is 39.5 Å². The fraction of sp³-hybridized carbons (Fsp3) is 0.529. The van der Waals surface area contributed by atoms with Crippen molar-refractivity contribution in [2.45, 2.75) is 37.3 Å². The molecule has 8 heteroatoms. The Labute approximate surface area is 161 Å². The van der Waals surface area contributed by atoms with Crippen LogP contribution in [0.5, 0.6) is 11.5 Å². The Hall–Kier alpha value is -1.09. The number of fused-ring (bicyclic) bond motifs is 1. The molecule has 0 fully saturated rings. The van der Waals surface area contributed by atoms with E-state index in [-0.39, 0.29) is 0 Å². The van der Waals surface area contributed by atoms with E-state index in [0.717, 1.165) is 58.1 Å². The summed E-state index contributed by atoms with van der Waals surface area (Å²) in [6.07, 6.45) is 2.13. The monoisotopic (exact) mass is 397 g/mol. The molecule has 1 aliphatic heterocycles. The highest BCUT2D eigenvalue weighted by molar-refractivity contribution is 8.01. The molecule has 0 saturated carbocycles. The molecule has 0 amide bonds. The van der Waals surface area contributed by atoms with E-state index in [1.54, 1.807) is 37.3 Å². The Morgan fingerprint density at radius 3 is 2.64 bits per heavy atom. The first-order valence-corrected chi connectivity index (χ1v) is 10.5. The number of ether oxygens (including phenoxy) is 2. The fourth-order valence-electron chi connectivity index (χ4n) is 2.88. The van der Waals surface area contributed by atoms with E-state index in [1.165, 1.54) is 11.1 Å². The number of hydrogen-bond acceptors (Lipinski definition) is 7. The van der Waals surface area contributed by atoms with Crippen molar-refractivity contribution in [1.29, 1.82) is 0 Å². The van der Waals surface area contributed by atoms with Crippen LogP contribution in [0.15, 0.2) is 16.5 Å². The van der Waals surface area contributed by atoms with E-state index in [1.807, 2.05) is 4.68 Å². The normalized spacial score (nSPS) is 14.4. The van der Waals surface area contributed by atoms with Crippen molar-refractivity contribution in [3.05, 3.63) is 27.2 Å². The molecular formula is C17H23N3O2S3. The zero-order chi connectivity index (χ0) is 17.8. The summed E-state index contributed by atoms with van der Waals surface area (Å²) in [4.78, 5) is 2.37. The van der Waals surface area contributed by atoms with Crippen molar-refractivity contribution in [2.24, 2.45) is 0 Å². The second-order valence-electron chi connectivity index (χ2n) is 5.90. The number of hydrogen-bond donors (Lipinski definition) is 0. The molecule has 0 radical (unpaired) electrons. The minimum atomic E-state index is 0.732. The van der Waals surface area contributed by atoms with E-state index in [2.05, 4.69) is 29.1 Å². The second kappa shape index (κ2) is 8.53. The fourth-order valence-corrected chi connectivity index (χ4v) is 5.12. The molecule has 5 nitrogen and oxygen atoms in total. The summed E-state index contributed by atoms with van der Waals surface area (Å²) in [5.41, 5.74) is 2.61. The largest absolute Gasteiger partial charge is 0.493 e. The molecule has 0 bridgehead atoms. The predicted octanol–water partition coefficient (Wildman–Crippen LogP) is 4.21. The van der Waals surface area contributed by atoms with Crippen molar-refractivity contribution < 1.29 is 9.47 Å². The van der Waals surface area contributed by atoms with E-state index >= 15 is 0 Å². The van der Waals surface area contributed by atoms with Crippen LogP contribution in [0.4, 0.5) is 0 Å². The second-order valence-corrected chi connectivity index (χ2v) is 8.87. The van der Waals surface area contributed by atoms with Crippen LogP contribution >= 0.6 is 35.3 Å². The van der Waals surface area contributed by atoms with Gasteiger partial charge in [-0.15, -0.1) is 0 Å². The van der Waals surface area contributed by atoms with Crippen LogP contribution < -0.4 is 9.47 Å². The van der Waals surface area contributed by atoms with Crippen molar-refractivity contribution in [1.82, 2.24) is 14.7 Å². The zero-order valence-corrected chi connectivity index (χ0v) is 17.2. The van der Waals surface area contributed by atoms with E-state index in [4.69, 9.17) is 21.7 Å². The zero-order valence-electron chi connectivity index (χ0n) is 14.8. The Morgan fingerprint density at radius 2 is 1.96 bits per heavy atom. The Balaban J connectivity index is 1.73. The molecule has 0 aliphatic carbocycles. The van der Waals surface area contributed by atoms with Crippen molar-refractivity contribution >= 4 is 35.3 Å². The first-order valence-electron chi connectivity index (χ1n) is 8.31. The Bertz CT molecular complexity index is 788. The van der Waals surface area contributed by atoms with Gasteiger partial charge in [0.1, 0.15) is 0 Å². The molecule has 0 spiro atoms. The van der Waals surface area contributed by atoms with Gasteiger partial charge in [0.15, 0.2) is 19.8 Å². The van der Waals surface area contributed by atoms with Crippen LogP contribution in [-0.2, 0) is 19.6 Å². The average molecular weight is 398 g/mol. The maximum atomic E-state index is 5.48. The van der Waals surface area contributed by atoms with Crippen molar-refractivity contribution in [3.63, 3.8) is 0 Å². The molecule has 1 aliphatic rings. The molecule has 0 unspecified atom stereocenters. The first-order chi connectivity index (χ1) is 12.1. The molecule has 0 saturated heterocycles. The molecule has 0 atom stereocenters. The van der Waals surface area contributed by atoms with Crippen molar-refractivity contribution in [2.75, 3.05) is 26.5 Å². The smallest absolute Gasteiger partial charge is 0.181 e. The third-order valence-electron chi connectivity index (χ3n) is 4.15. The number of rotatable bonds is 7. The van der Waals surface area contributed by atoms with Crippen LogP contribution in [0.3, 0.4) is 0 Å². The third kappa shape index (κ3) is 4.36. The van der Waals surface area contributed by atoms with Gasteiger partial charge in [0.2, 0.25) is 0 Å². The van der Waals surface area contributed by atoms with Gasteiger partial charge in [0.05, 0.1) is 20.9 Å². The van der Waals surface area contributed by atoms with Gasteiger partial charge in [-0.25, -0.2) is 4.68 Å². The third-order valence-corrected chi connectivity index (χ3v) is 6.80. The minimum Gasteiger partial charge on any atom is -0.493 e. The number of aromatic nitrogens is 2. The van der Waals surface area contributed by atoms with E-state index in [0.29, 0.717) is 0 Å². The van der Waals surface area contributed by atoms with Gasteiger partial charge >= 0.3 is 0 Å².